The van der Waals surface area contributed by atoms with E-state index in [9.17, 15) is 4.79 Å². The normalized spacial score (nSPS) is 15.5. The summed E-state index contributed by atoms with van der Waals surface area (Å²) in [6.07, 6.45) is 4.92. The summed E-state index contributed by atoms with van der Waals surface area (Å²) in [7, 11) is 0. The largest absolute Gasteiger partial charge is 0.293 e. The second kappa shape index (κ2) is 6.12. The predicted molar refractivity (Wildman–Crippen MR) is 75.9 cm³/mol. The van der Waals surface area contributed by atoms with Gasteiger partial charge in [0, 0.05) is 10.5 Å². The van der Waals surface area contributed by atoms with E-state index in [1.165, 1.54) is 37.0 Å². The number of rotatable bonds is 7. The zero-order chi connectivity index (χ0) is 12.3. The minimum absolute atomic E-state index is 0.259. The molecule has 2 nitrogen and oxygen atoms in total. The van der Waals surface area contributed by atoms with Gasteiger partial charge in [-0.1, -0.05) is 13.3 Å². The first-order valence-corrected chi connectivity index (χ1v) is 7.90. The number of nitrogens with zero attached hydrogens (tertiary/aromatic N) is 1. The first kappa shape index (κ1) is 13.2. The third kappa shape index (κ3) is 3.63. The highest BCUT2D eigenvalue weighted by Crippen LogP contribution is 2.29. The molecular formula is C13H18BrNOS. The quantitative estimate of drug-likeness (QED) is 0.710. The van der Waals surface area contributed by atoms with Crippen LogP contribution in [0.4, 0.5) is 0 Å². The summed E-state index contributed by atoms with van der Waals surface area (Å²) in [6.45, 7) is 3.85. The fourth-order valence-electron chi connectivity index (χ4n) is 1.94. The Hall–Kier alpha value is -0.190. The Balaban J connectivity index is 1.93. The first-order valence-electron chi connectivity index (χ1n) is 6.22. The Morgan fingerprint density at radius 3 is 2.88 bits per heavy atom. The lowest BCUT2D eigenvalue weighted by atomic mass is 10.2. The lowest BCUT2D eigenvalue weighted by Gasteiger charge is -2.20. The van der Waals surface area contributed by atoms with Gasteiger partial charge in [-0.05, 0) is 53.2 Å². The molecule has 2 rings (SSSR count). The van der Waals surface area contributed by atoms with E-state index in [4.69, 9.17) is 0 Å². The van der Waals surface area contributed by atoms with E-state index in [0.717, 1.165) is 15.9 Å². The van der Waals surface area contributed by atoms with E-state index in [2.05, 4.69) is 27.8 Å². The summed E-state index contributed by atoms with van der Waals surface area (Å²) in [6, 6.07) is 2.62. The van der Waals surface area contributed by atoms with Crippen molar-refractivity contribution in [1.82, 2.24) is 4.90 Å². The van der Waals surface area contributed by atoms with Crippen LogP contribution in [0.3, 0.4) is 0 Å². The maximum atomic E-state index is 12.2. The molecule has 0 unspecified atom stereocenters. The summed E-state index contributed by atoms with van der Waals surface area (Å²) in [5.41, 5.74) is 0. The van der Waals surface area contributed by atoms with Gasteiger partial charge in [0.2, 0.25) is 0 Å². The molecule has 4 heteroatoms. The van der Waals surface area contributed by atoms with Gasteiger partial charge in [-0.15, -0.1) is 11.3 Å². The molecule has 0 radical (unpaired) electrons. The number of hydrogen-bond donors (Lipinski definition) is 0. The van der Waals surface area contributed by atoms with E-state index < -0.39 is 0 Å². The number of carbonyl (C=O) groups excluding carboxylic acids is 1. The summed E-state index contributed by atoms with van der Waals surface area (Å²) in [5.74, 6) is 0.259. The lowest BCUT2D eigenvalue weighted by Crippen LogP contribution is -2.32. The second-order valence-corrected chi connectivity index (χ2v) is 6.35. The van der Waals surface area contributed by atoms with Crippen molar-refractivity contribution in [2.75, 3.05) is 13.1 Å². The molecule has 1 aromatic heterocycles. The van der Waals surface area contributed by atoms with Gasteiger partial charge in [0.25, 0.3) is 0 Å². The van der Waals surface area contributed by atoms with Gasteiger partial charge in [0.15, 0.2) is 5.78 Å². The number of thiophene rings is 1. The number of unbranched alkanes of at least 4 members (excludes halogenated alkanes) is 1. The fraction of sp³-hybridized carbons (Fsp3) is 0.615. The van der Waals surface area contributed by atoms with E-state index in [-0.39, 0.29) is 5.78 Å². The molecule has 0 aliphatic heterocycles. The maximum absolute atomic E-state index is 12.2. The lowest BCUT2D eigenvalue weighted by molar-refractivity contribution is 0.0927. The number of carbonyl (C=O) groups is 1. The molecule has 0 aromatic carbocycles. The SMILES string of the molecule is CCCCN(CC(=O)c1sccc1Br)C1CC1. The fourth-order valence-corrected chi connectivity index (χ4v) is 3.47. The number of ketones is 1. The van der Waals surface area contributed by atoms with Crippen LogP contribution in [0.1, 0.15) is 42.3 Å². The van der Waals surface area contributed by atoms with E-state index in [1.807, 2.05) is 11.4 Å². The molecule has 1 saturated carbocycles. The van der Waals surface area contributed by atoms with Crippen molar-refractivity contribution in [2.45, 2.75) is 38.6 Å². The van der Waals surface area contributed by atoms with Crippen LogP contribution in [-0.4, -0.2) is 29.8 Å². The summed E-state index contributed by atoms with van der Waals surface area (Å²) in [5, 5.41) is 1.96. The Morgan fingerprint density at radius 1 is 1.59 bits per heavy atom. The predicted octanol–water partition coefficient (Wildman–Crippen LogP) is 3.96. The average molecular weight is 316 g/mol. The summed E-state index contributed by atoms with van der Waals surface area (Å²) < 4.78 is 0.943. The smallest absolute Gasteiger partial charge is 0.187 e. The average Bonchev–Trinajstić information content (AvgIpc) is 3.06. The minimum atomic E-state index is 0.259. The van der Waals surface area contributed by atoms with Gasteiger partial charge >= 0.3 is 0 Å². The van der Waals surface area contributed by atoms with Crippen LogP contribution in [0.15, 0.2) is 15.9 Å². The number of Topliss-reactive ketones (excluding diaryl/α,β-unsaturated/α-hetero) is 1. The molecule has 1 aliphatic rings. The van der Waals surface area contributed by atoms with Crippen molar-refractivity contribution in [2.24, 2.45) is 0 Å². The first-order chi connectivity index (χ1) is 8.22. The van der Waals surface area contributed by atoms with Gasteiger partial charge in [-0.3, -0.25) is 9.69 Å². The Kier molecular flexibility index (Phi) is 4.77. The van der Waals surface area contributed by atoms with Crippen LogP contribution in [0.25, 0.3) is 0 Å². The van der Waals surface area contributed by atoms with E-state index in [0.29, 0.717) is 12.6 Å². The third-order valence-corrected chi connectivity index (χ3v) is 4.96. The van der Waals surface area contributed by atoms with Crippen LogP contribution in [0.5, 0.6) is 0 Å². The molecule has 1 aliphatic carbocycles. The van der Waals surface area contributed by atoms with Crippen molar-refractivity contribution in [3.05, 3.63) is 20.8 Å². The minimum Gasteiger partial charge on any atom is -0.293 e. The van der Waals surface area contributed by atoms with Crippen molar-refractivity contribution in [1.29, 1.82) is 0 Å². The summed E-state index contributed by atoms with van der Waals surface area (Å²) >= 11 is 4.97. The molecule has 0 atom stereocenters. The van der Waals surface area contributed by atoms with Gasteiger partial charge in [0.1, 0.15) is 0 Å². The monoisotopic (exact) mass is 315 g/mol. The zero-order valence-corrected chi connectivity index (χ0v) is 12.5. The second-order valence-electron chi connectivity index (χ2n) is 4.58. The van der Waals surface area contributed by atoms with Crippen LogP contribution in [-0.2, 0) is 0 Å². The molecule has 0 spiro atoms. The molecule has 94 valence electrons. The third-order valence-electron chi connectivity index (χ3n) is 3.08. The molecule has 0 N–H and O–H groups in total. The molecule has 17 heavy (non-hydrogen) atoms. The topological polar surface area (TPSA) is 20.3 Å². The van der Waals surface area contributed by atoms with Crippen LogP contribution in [0.2, 0.25) is 0 Å². The van der Waals surface area contributed by atoms with Gasteiger partial charge in [-0.25, -0.2) is 0 Å². The standard InChI is InChI=1S/C13H18BrNOS/c1-2-3-7-15(10-4-5-10)9-12(16)13-11(14)6-8-17-13/h6,8,10H,2-5,7,9H2,1H3. The maximum Gasteiger partial charge on any atom is 0.187 e. The van der Waals surface area contributed by atoms with Gasteiger partial charge in [-0.2, -0.15) is 0 Å². The number of hydrogen-bond acceptors (Lipinski definition) is 3. The Morgan fingerprint density at radius 2 is 2.35 bits per heavy atom. The summed E-state index contributed by atoms with van der Waals surface area (Å²) in [4.78, 5) is 15.4. The van der Waals surface area contributed by atoms with Crippen LogP contribution < -0.4 is 0 Å². The molecule has 0 bridgehead atoms. The van der Waals surface area contributed by atoms with E-state index in [1.54, 1.807) is 0 Å². The zero-order valence-electron chi connectivity index (χ0n) is 10.1. The van der Waals surface area contributed by atoms with Crippen LogP contribution in [0, 0.1) is 0 Å². The van der Waals surface area contributed by atoms with Crippen molar-refractivity contribution < 1.29 is 4.79 Å². The highest BCUT2D eigenvalue weighted by molar-refractivity contribution is 9.10. The molecule has 1 heterocycles. The van der Waals surface area contributed by atoms with Gasteiger partial charge in [0.05, 0.1) is 11.4 Å². The molecular weight excluding hydrogens is 298 g/mol. The number of halogens is 1. The highest BCUT2D eigenvalue weighted by Gasteiger charge is 2.30. The molecule has 0 amide bonds. The Bertz CT molecular complexity index is 387. The molecule has 0 saturated heterocycles. The van der Waals surface area contributed by atoms with Crippen molar-refractivity contribution >= 4 is 33.0 Å². The highest BCUT2D eigenvalue weighted by atomic mass is 79.9. The van der Waals surface area contributed by atoms with Crippen LogP contribution >= 0.6 is 27.3 Å². The van der Waals surface area contributed by atoms with Crippen molar-refractivity contribution in [3.63, 3.8) is 0 Å². The Labute approximate surface area is 115 Å². The van der Waals surface area contributed by atoms with Crippen molar-refractivity contribution in [3.8, 4) is 0 Å². The van der Waals surface area contributed by atoms with Gasteiger partial charge < -0.3 is 0 Å². The van der Waals surface area contributed by atoms with E-state index >= 15 is 0 Å². The molecule has 1 aromatic rings. The molecule has 1 fully saturated rings.